The molecule has 2 aromatic carbocycles. The first-order valence-electron chi connectivity index (χ1n) is 18.5. The van der Waals surface area contributed by atoms with Crippen LogP contribution in [0.3, 0.4) is 0 Å². The predicted molar refractivity (Wildman–Crippen MR) is 219 cm³/mol. The second-order valence-electron chi connectivity index (χ2n) is 16.0. The molecule has 5 nitrogen and oxygen atoms in total. The average Bonchev–Trinajstić information content (AvgIpc) is 3.82. The third-order valence-electron chi connectivity index (χ3n) is 11.1. The SMILES string of the molecule is CCC(C)(CC)C(=O)/C=C(\O)C(C)(CC)CC.Cc1oc2c(ccc3c2sc2ncnc(-c4[c-]c5ccsc5c(C(C)(C)C)c4)c23)c1CC(C)C.[Ir]. The Hall–Kier alpha value is -2.90. The summed E-state index contributed by atoms with van der Waals surface area (Å²) in [6.45, 7) is 25.5. The summed E-state index contributed by atoms with van der Waals surface area (Å²) < 4.78 is 8.82. The first-order valence-corrected chi connectivity index (χ1v) is 20.2. The Morgan fingerprint density at radius 2 is 1.58 bits per heavy atom. The Kier molecular flexibility index (Phi) is 13.1. The van der Waals surface area contributed by atoms with E-state index in [1.54, 1.807) is 29.0 Å². The quantitative estimate of drug-likeness (QED) is 0.0842. The van der Waals surface area contributed by atoms with Crippen molar-refractivity contribution in [3.8, 4) is 11.3 Å². The number of benzene rings is 2. The summed E-state index contributed by atoms with van der Waals surface area (Å²) in [5.74, 6) is 1.88. The molecule has 6 aromatic rings. The summed E-state index contributed by atoms with van der Waals surface area (Å²) >= 11 is 3.49. The number of aliphatic hydroxyl groups excluding tert-OH is 1. The molecule has 0 aliphatic carbocycles. The van der Waals surface area contributed by atoms with Gasteiger partial charge in [0.25, 0.3) is 0 Å². The van der Waals surface area contributed by atoms with Crippen molar-refractivity contribution in [3.63, 3.8) is 0 Å². The Bertz CT molecular complexity index is 2220. The summed E-state index contributed by atoms with van der Waals surface area (Å²) in [4.78, 5) is 22.6. The van der Waals surface area contributed by atoms with E-state index in [2.05, 4.69) is 82.2 Å². The number of carbonyl (C=O) groups is 1. The minimum atomic E-state index is -0.337. The molecule has 0 saturated heterocycles. The van der Waals surface area contributed by atoms with Crippen LogP contribution in [0.2, 0.25) is 0 Å². The number of allylic oxidation sites excluding steroid dienone is 2. The van der Waals surface area contributed by atoms with Crippen LogP contribution in [0.1, 0.15) is 119 Å². The molecule has 6 rings (SSSR count). The van der Waals surface area contributed by atoms with Crippen molar-refractivity contribution in [2.45, 2.75) is 121 Å². The maximum Gasteiger partial charge on any atom is 0.164 e. The summed E-state index contributed by atoms with van der Waals surface area (Å²) in [6, 6.07) is 12.6. The molecule has 0 aliphatic heterocycles. The van der Waals surface area contributed by atoms with Gasteiger partial charge in [0, 0.05) is 64.4 Å². The molecule has 0 fully saturated rings. The third-order valence-corrected chi connectivity index (χ3v) is 13.2. The smallest absolute Gasteiger partial charge is 0.164 e. The van der Waals surface area contributed by atoms with Gasteiger partial charge in [-0.25, -0.2) is 4.98 Å². The fraction of sp³-hybridized carbons (Fsp3) is 0.477. The summed E-state index contributed by atoms with van der Waals surface area (Å²) in [7, 11) is 0. The predicted octanol–water partition coefficient (Wildman–Crippen LogP) is 13.7. The minimum Gasteiger partial charge on any atom is -0.512 e. The van der Waals surface area contributed by atoms with Gasteiger partial charge >= 0.3 is 0 Å². The van der Waals surface area contributed by atoms with Crippen LogP contribution >= 0.6 is 22.7 Å². The van der Waals surface area contributed by atoms with Gasteiger partial charge in [0.05, 0.1) is 4.70 Å². The van der Waals surface area contributed by atoms with Crippen LogP contribution in [-0.4, -0.2) is 20.9 Å². The fourth-order valence-corrected chi connectivity index (χ4v) is 8.84. The molecular weight excluding hydrogens is 861 g/mol. The summed E-state index contributed by atoms with van der Waals surface area (Å²) in [6.07, 6.45) is 7.46. The van der Waals surface area contributed by atoms with Gasteiger partial charge in [0.15, 0.2) is 11.4 Å². The van der Waals surface area contributed by atoms with Gasteiger partial charge in [-0.1, -0.05) is 99.4 Å². The number of aliphatic hydroxyl groups is 1. The Balaban J connectivity index is 0.000000289. The van der Waals surface area contributed by atoms with Crippen molar-refractivity contribution in [2.75, 3.05) is 0 Å². The van der Waals surface area contributed by atoms with Crippen LogP contribution in [-0.2, 0) is 36.7 Å². The molecule has 8 heteroatoms. The Morgan fingerprint density at radius 1 is 0.942 bits per heavy atom. The van der Waals surface area contributed by atoms with E-state index in [-0.39, 0.29) is 47.9 Å². The molecule has 0 spiro atoms. The van der Waals surface area contributed by atoms with Gasteiger partial charge in [0.2, 0.25) is 0 Å². The zero-order valence-electron chi connectivity index (χ0n) is 33.0. The fourth-order valence-electron chi connectivity index (χ4n) is 6.63. The number of hydrogen-bond acceptors (Lipinski definition) is 7. The van der Waals surface area contributed by atoms with Gasteiger partial charge in [0.1, 0.15) is 22.7 Å². The number of carbonyl (C=O) groups excluding carboxylic acids is 1. The maximum absolute atomic E-state index is 12.2. The number of ketones is 1. The molecule has 4 aromatic heterocycles. The van der Waals surface area contributed by atoms with E-state index >= 15 is 0 Å². The molecule has 0 atom stereocenters. The largest absolute Gasteiger partial charge is 0.512 e. The third kappa shape index (κ3) is 7.97. The van der Waals surface area contributed by atoms with Crippen molar-refractivity contribution in [3.05, 3.63) is 70.8 Å². The number of aryl methyl sites for hydroxylation is 1. The Morgan fingerprint density at radius 3 is 2.17 bits per heavy atom. The van der Waals surface area contributed by atoms with Crippen LogP contribution in [0.25, 0.3) is 52.6 Å². The van der Waals surface area contributed by atoms with Crippen molar-refractivity contribution in [2.24, 2.45) is 16.7 Å². The monoisotopic (exact) mass is 916 g/mol. The van der Waals surface area contributed by atoms with Crippen LogP contribution < -0.4 is 0 Å². The van der Waals surface area contributed by atoms with Crippen molar-refractivity contribution >= 4 is 69.8 Å². The topological polar surface area (TPSA) is 76.2 Å². The van der Waals surface area contributed by atoms with E-state index in [9.17, 15) is 9.90 Å². The normalized spacial score (nSPS) is 12.9. The molecule has 281 valence electrons. The van der Waals surface area contributed by atoms with E-state index in [0.717, 1.165) is 80.4 Å². The second-order valence-corrected chi connectivity index (χ2v) is 17.9. The summed E-state index contributed by atoms with van der Waals surface area (Å²) in [5, 5.41) is 16.9. The molecule has 52 heavy (non-hydrogen) atoms. The maximum atomic E-state index is 12.2. The van der Waals surface area contributed by atoms with Gasteiger partial charge in [-0.05, 0) is 60.4 Å². The van der Waals surface area contributed by atoms with Crippen molar-refractivity contribution in [1.29, 1.82) is 0 Å². The van der Waals surface area contributed by atoms with Gasteiger partial charge in [-0.3, -0.25) is 9.78 Å². The number of aromatic nitrogens is 2. The first kappa shape index (κ1) is 41.8. The molecule has 1 radical (unpaired) electrons. The van der Waals surface area contributed by atoms with E-state index in [4.69, 9.17) is 9.40 Å². The molecule has 0 saturated carbocycles. The van der Waals surface area contributed by atoms with E-state index < -0.39 is 0 Å². The molecule has 0 aliphatic rings. The summed E-state index contributed by atoms with van der Waals surface area (Å²) in [5.41, 5.74) is 5.03. The second kappa shape index (κ2) is 16.2. The van der Waals surface area contributed by atoms with E-state index in [0.29, 0.717) is 5.92 Å². The molecule has 0 unspecified atom stereocenters. The Labute approximate surface area is 331 Å². The van der Waals surface area contributed by atoms with Crippen LogP contribution in [0.15, 0.2) is 52.2 Å². The molecule has 4 heterocycles. The number of thiophene rings is 2. The average molecular weight is 916 g/mol. The van der Waals surface area contributed by atoms with Crippen molar-refractivity contribution < 1.29 is 34.4 Å². The number of furan rings is 1. The van der Waals surface area contributed by atoms with Crippen molar-refractivity contribution in [1.82, 2.24) is 9.97 Å². The molecule has 1 N–H and O–H groups in total. The zero-order valence-corrected chi connectivity index (χ0v) is 37.0. The van der Waals surface area contributed by atoms with Gasteiger partial charge in [-0.15, -0.1) is 34.9 Å². The number of rotatable bonds is 10. The zero-order chi connectivity index (χ0) is 37.5. The first-order chi connectivity index (χ1) is 24.0. The number of nitrogens with zero attached hydrogens (tertiary/aromatic N) is 2. The van der Waals surface area contributed by atoms with E-state index in [1.807, 2.05) is 41.5 Å². The number of hydrogen-bond donors (Lipinski definition) is 1. The number of fused-ring (bicyclic) bond motifs is 6. The molecule has 0 amide bonds. The van der Waals surface area contributed by atoms with Crippen LogP contribution in [0.5, 0.6) is 0 Å². The minimum absolute atomic E-state index is 0. The standard InChI is InChI=1S/C29H27N2OS2.C15H28O2.Ir/c1-15(2)11-21-16(3)32-25-19(21)7-8-20-23-24(30-14-31-28(23)34-27(20)25)18-12-17-9-10-33-26(17)22(13-18)29(4,5)6;1-7-14(5,8-2)12(16)11-13(17)15(6,9-3)10-4;/h7-10,13-15H,11H2,1-6H3;11,16H,7-10H2,1-6H3;/q-1;;/b;12-11-;. The van der Waals surface area contributed by atoms with Gasteiger partial charge < -0.3 is 9.52 Å². The molecule has 0 bridgehead atoms. The van der Waals surface area contributed by atoms with Crippen LogP contribution in [0.4, 0.5) is 0 Å². The van der Waals surface area contributed by atoms with Gasteiger partial charge in [-0.2, -0.15) is 11.3 Å². The van der Waals surface area contributed by atoms with Crippen LogP contribution in [0, 0.1) is 29.7 Å². The van der Waals surface area contributed by atoms with E-state index in [1.165, 1.54) is 27.3 Å². The molecular formula is C44H55IrN2O3S2-.